The van der Waals surface area contributed by atoms with Crippen molar-refractivity contribution in [2.75, 3.05) is 5.32 Å². The van der Waals surface area contributed by atoms with E-state index in [0.29, 0.717) is 21.5 Å². The number of anilines is 1. The lowest BCUT2D eigenvalue weighted by Crippen LogP contribution is -2.13. The fourth-order valence-corrected chi connectivity index (χ4v) is 3.27. The van der Waals surface area contributed by atoms with Crippen molar-refractivity contribution in [3.63, 3.8) is 0 Å². The normalized spacial score (nSPS) is 10.7. The van der Waals surface area contributed by atoms with Crippen LogP contribution in [0.2, 0.25) is 5.02 Å². The fraction of sp³-hybridized carbons (Fsp3) is 0. The highest BCUT2D eigenvalue weighted by molar-refractivity contribution is 7.19. The van der Waals surface area contributed by atoms with E-state index in [2.05, 4.69) is 20.3 Å². The Balaban J connectivity index is 1.56. The van der Waals surface area contributed by atoms with Gasteiger partial charge in [0.25, 0.3) is 5.91 Å². The number of hydrogen-bond donors (Lipinski definition) is 1. The van der Waals surface area contributed by atoms with E-state index in [4.69, 9.17) is 16.0 Å². The summed E-state index contributed by atoms with van der Waals surface area (Å²) in [5.41, 5.74) is 1.84. The van der Waals surface area contributed by atoms with E-state index in [0.717, 1.165) is 10.4 Å². The van der Waals surface area contributed by atoms with Gasteiger partial charge in [-0.3, -0.25) is 15.1 Å². The van der Waals surface area contributed by atoms with Gasteiger partial charge in [0.15, 0.2) is 23.0 Å². The standard InChI is InChI=1S/C18H11ClN4O2S/c19-13-5-3-11(4-6-13)16-15(22-10-25-16)17(24)23-18-21-9-14(26-18)12-2-1-7-20-8-12/h1-10H,(H,21,23,24). The first-order chi connectivity index (χ1) is 12.7. The molecule has 128 valence electrons. The molecule has 0 atom stereocenters. The predicted molar refractivity (Wildman–Crippen MR) is 100 cm³/mol. The van der Waals surface area contributed by atoms with Gasteiger partial charge in [0, 0.05) is 34.7 Å². The third kappa shape index (κ3) is 3.35. The summed E-state index contributed by atoms with van der Waals surface area (Å²) >= 11 is 7.26. The summed E-state index contributed by atoms with van der Waals surface area (Å²) in [6.07, 6.45) is 6.38. The maximum Gasteiger partial charge on any atom is 0.280 e. The molecule has 26 heavy (non-hydrogen) atoms. The zero-order valence-electron chi connectivity index (χ0n) is 13.2. The van der Waals surface area contributed by atoms with Crippen LogP contribution in [0.3, 0.4) is 0 Å². The molecule has 4 aromatic rings. The van der Waals surface area contributed by atoms with Gasteiger partial charge in [-0.1, -0.05) is 29.0 Å². The van der Waals surface area contributed by atoms with Gasteiger partial charge in [-0.15, -0.1) is 0 Å². The topological polar surface area (TPSA) is 80.9 Å². The first-order valence-electron chi connectivity index (χ1n) is 7.58. The number of thiazole rings is 1. The van der Waals surface area contributed by atoms with Gasteiger partial charge in [-0.25, -0.2) is 9.97 Å². The second-order valence-electron chi connectivity index (χ2n) is 5.26. The van der Waals surface area contributed by atoms with Crippen LogP contribution >= 0.6 is 22.9 Å². The van der Waals surface area contributed by atoms with Gasteiger partial charge in [-0.2, -0.15) is 0 Å². The van der Waals surface area contributed by atoms with E-state index in [1.165, 1.54) is 17.7 Å². The highest BCUT2D eigenvalue weighted by Gasteiger charge is 2.19. The number of benzene rings is 1. The molecule has 1 N–H and O–H groups in total. The van der Waals surface area contributed by atoms with Crippen LogP contribution in [0, 0.1) is 0 Å². The quantitative estimate of drug-likeness (QED) is 0.550. The number of nitrogens with zero attached hydrogens (tertiary/aromatic N) is 3. The third-order valence-electron chi connectivity index (χ3n) is 3.56. The van der Waals surface area contributed by atoms with Crippen LogP contribution in [0.1, 0.15) is 10.5 Å². The number of hydrogen-bond acceptors (Lipinski definition) is 6. The lowest BCUT2D eigenvalue weighted by Gasteiger charge is -2.02. The first kappa shape index (κ1) is 16.4. The van der Waals surface area contributed by atoms with Gasteiger partial charge in [0.1, 0.15) is 0 Å². The number of amides is 1. The summed E-state index contributed by atoms with van der Waals surface area (Å²) in [6.45, 7) is 0. The van der Waals surface area contributed by atoms with Crippen molar-refractivity contribution < 1.29 is 9.21 Å². The van der Waals surface area contributed by atoms with Gasteiger partial charge >= 0.3 is 0 Å². The molecule has 8 heteroatoms. The summed E-state index contributed by atoms with van der Waals surface area (Å²) in [5.74, 6) is -0.0148. The van der Waals surface area contributed by atoms with Crippen LogP contribution in [-0.4, -0.2) is 20.9 Å². The summed E-state index contributed by atoms with van der Waals surface area (Å²) in [7, 11) is 0. The van der Waals surface area contributed by atoms with Gasteiger partial charge in [-0.05, 0) is 30.3 Å². The van der Waals surface area contributed by atoms with Gasteiger partial charge < -0.3 is 4.42 Å². The van der Waals surface area contributed by atoms with Crippen LogP contribution < -0.4 is 5.32 Å². The van der Waals surface area contributed by atoms with Crippen molar-refractivity contribution in [2.45, 2.75) is 0 Å². The van der Waals surface area contributed by atoms with Crippen molar-refractivity contribution >= 4 is 34.0 Å². The molecular formula is C18H11ClN4O2S. The number of carbonyl (C=O) groups excluding carboxylic acids is 1. The van der Waals surface area contributed by atoms with Crippen LogP contribution in [-0.2, 0) is 0 Å². The van der Waals surface area contributed by atoms with Gasteiger partial charge in [0.05, 0.1) is 4.88 Å². The second kappa shape index (κ2) is 7.07. The smallest absolute Gasteiger partial charge is 0.280 e. The van der Waals surface area contributed by atoms with Crippen LogP contribution in [0.5, 0.6) is 0 Å². The molecule has 0 aliphatic carbocycles. The first-order valence-corrected chi connectivity index (χ1v) is 8.77. The predicted octanol–water partition coefficient (Wildman–Crippen LogP) is 4.77. The number of rotatable bonds is 4. The molecule has 0 fully saturated rings. The Labute approximate surface area is 157 Å². The number of carbonyl (C=O) groups is 1. The number of nitrogens with one attached hydrogen (secondary N) is 1. The molecule has 1 aromatic carbocycles. The summed E-state index contributed by atoms with van der Waals surface area (Å²) in [5, 5.41) is 3.83. The van der Waals surface area contributed by atoms with Crippen molar-refractivity contribution in [1.82, 2.24) is 15.0 Å². The van der Waals surface area contributed by atoms with Crippen LogP contribution in [0.4, 0.5) is 5.13 Å². The molecule has 0 spiro atoms. The summed E-state index contributed by atoms with van der Waals surface area (Å²) in [4.78, 5) is 25.8. The molecule has 0 aliphatic heterocycles. The minimum absolute atomic E-state index is 0.186. The SMILES string of the molecule is O=C(Nc1ncc(-c2cccnc2)s1)c1ncoc1-c1ccc(Cl)cc1. The molecule has 3 heterocycles. The molecule has 6 nitrogen and oxygen atoms in total. The zero-order valence-corrected chi connectivity index (χ0v) is 14.8. The number of oxazole rings is 1. The Morgan fingerprint density at radius 2 is 1.92 bits per heavy atom. The highest BCUT2D eigenvalue weighted by atomic mass is 35.5. The Morgan fingerprint density at radius 3 is 2.69 bits per heavy atom. The van der Waals surface area contributed by atoms with Crippen LogP contribution in [0.15, 0.2) is 65.8 Å². The molecule has 4 rings (SSSR count). The molecule has 0 saturated carbocycles. The lowest BCUT2D eigenvalue weighted by atomic mass is 10.1. The third-order valence-corrected chi connectivity index (χ3v) is 4.77. The van der Waals surface area contributed by atoms with Crippen molar-refractivity contribution in [2.24, 2.45) is 0 Å². The Kier molecular flexibility index (Phi) is 4.47. The second-order valence-corrected chi connectivity index (χ2v) is 6.73. The summed E-state index contributed by atoms with van der Waals surface area (Å²) in [6, 6.07) is 10.8. The minimum Gasteiger partial charge on any atom is -0.443 e. The molecular weight excluding hydrogens is 372 g/mol. The van der Waals surface area contributed by atoms with E-state index < -0.39 is 5.91 Å². The highest BCUT2D eigenvalue weighted by Crippen LogP contribution is 2.29. The van der Waals surface area contributed by atoms with Crippen LogP contribution in [0.25, 0.3) is 21.8 Å². The average Bonchev–Trinajstić information content (AvgIpc) is 3.33. The maximum atomic E-state index is 12.6. The van der Waals surface area contributed by atoms with Crippen molar-refractivity contribution in [1.29, 1.82) is 0 Å². The zero-order chi connectivity index (χ0) is 17.9. The van der Waals surface area contributed by atoms with E-state index in [-0.39, 0.29) is 5.69 Å². The molecule has 0 bridgehead atoms. The van der Waals surface area contributed by atoms with E-state index in [9.17, 15) is 4.79 Å². The van der Waals surface area contributed by atoms with Crippen molar-refractivity contribution in [3.8, 4) is 21.8 Å². The molecule has 0 radical (unpaired) electrons. The Morgan fingerprint density at radius 1 is 1.08 bits per heavy atom. The van der Waals surface area contributed by atoms with Crippen molar-refractivity contribution in [3.05, 3.63) is 72.1 Å². The Bertz CT molecular complexity index is 1040. The van der Waals surface area contributed by atoms with E-state index in [1.54, 1.807) is 42.9 Å². The fourth-order valence-electron chi connectivity index (χ4n) is 2.34. The Hall–Kier alpha value is -3.03. The summed E-state index contributed by atoms with van der Waals surface area (Å²) < 4.78 is 5.38. The molecule has 1 amide bonds. The number of aromatic nitrogens is 3. The lowest BCUT2D eigenvalue weighted by molar-refractivity contribution is 0.102. The number of halogens is 1. The average molecular weight is 383 g/mol. The number of pyridine rings is 1. The maximum absolute atomic E-state index is 12.6. The van der Waals surface area contributed by atoms with E-state index >= 15 is 0 Å². The van der Waals surface area contributed by atoms with E-state index in [1.807, 2.05) is 12.1 Å². The van der Waals surface area contributed by atoms with Gasteiger partial charge in [0.2, 0.25) is 0 Å². The monoisotopic (exact) mass is 382 g/mol. The molecule has 0 aliphatic rings. The molecule has 3 aromatic heterocycles. The largest absolute Gasteiger partial charge is 0.443 e. The molecule has 0 unspecified atom stereocenters. The minimum atomic E-state index is -0.393. The molecule has 0 saturated heterocycles.